The molecule has 0 aliphatic rings. The normalized spacial score (nSPS) is 10.5. The van der Waals surface area contributed by atoms with Crippen LogP contribution < -0.4 is 10.1 Å². The molecule has 2 aromatic rings. The van der Waals surface area contributed by atoms with Crippen molar-refractivity contribution in [2.45, 2.75) is 33.6 Å². The summed E-state index contributed by atoms with van der Waals surface area (Å²) in [4.78, 5) is 13.6. The zero-order chi connectivity index (χ0) is 15.2. The number of pyridine rings is 1. The third-order valence-electron chi connectivity index (χ3n) is 3.23. The van der Waals surface area contributed by atoms with Crippen molar-refractivity contribution in [3.8, 4) is 17.1 Å². The van der Waals surface area contributed by atoms with Crippen LogP contribution in [0.5, 0.6) is 5.88 Å². The first-order chi connectivity index (χ1) is 10.2. The fourth-order valence-electron chi connectivity index (χ4n) is 2.16. The van der Waals surface area contributed by atoms with Crippen molar-refractivity contribution < 1.29 is 4.74 Å². The van der Waals surface area contributed by atoms with E-state index in [4.69, 9.17) is 9.72 Å². The molecule has 0 atom stereocenters. The Morgan fingerprint density at radius 3 is 2.57 bits per heavy atom. The van der Waals surface area contributed by atoms with Crippen molar-refractivity contribution in [3.05, 3.63) is 29.7 Å². The molecule has 0 spiro atoms. The van der Waals surface area contributed by atoms with E-state index in [9.17, 15) is 0 Å². The van der Waals surface area contributed by atoms with Gasteiger partial charge in [0, 0.05) is 36.4 Å². The molecule has 112 valence electrons. The van der Waals surface area contributed by atoms with Crippen molar-refractivity contribution >= 4 is 5.82 Å². The zero-order valence-corrected chi connectivity index (χ0v) is 13.1. The summed E-state index contributed by atoms with van der Waals surface area (Å²) < 4.78 is 5.10. The number of aromatic nitrogens is 3. The Bertz CT molecular complexity index is 596. The number of nitrogens with zero attached hydrogens (tertiary/aromatic N) is 3. The van der Waals surface area contributed by atoms with Gasteiger partial charge in [0.15, 0.2) is 0 Å². The molecule has 0 aliphatic heterocycles. The van der Waals surface area contributed by atoms with E-state index in [0.29, 0.717) is 5.88 Å². The molecule has 0 saturated carbocycles. The Labute approximate surface area is 125 Å². The van der Waals surface area contributed by atoms with Crippen molar-refractivity contribution in [3.63, 3.8) is 0 Å². The second-order valence-electron chi connectivity index (χ2n) is 4.83. The molecule has 5 nitrogen and oxygen atoms in total. The molecule has 0 aromatic carbocycles. The Morgan fingerprint density at radius 1 is 1.19 bits per heavy atom. The highest BCUT2D eigenvalue weighted by molar-refractivity contribution is 5.67. The summed E-state index contributed by atoms with van der Waals surface area (Å²) in [5.41, 5.74) is 2.95. The molecule has 0 fully saturated rings. The average molecular weight is 286 g/mol. The van der Waals surface area contributed by atoms with Gasteiger partial charge in [0.25, 0.3) is 0 Å². The fraction of sp³-hybridized carbons (Fsp3) is 0.438. The van der Waals surface area contributed by atoms with E-state index < -0.39 is 0 Å². The molecule has 0 unspecified atom stereocenters. The second-order valence-corrected chi connectivity index (χ2v) is 4.83. The highest BCUT2D eigenvalue weighted by atomic mass is 16.5. The lowest BCUT2D eigenvalue weighted by Crippen LogP contribution is -2.08. The lowest BCUT2D eigenvalue weighted by molar-refractivity contribution is 0.398. The minimum Gasteiger partial charge on any atom is -0.481 e. The van der Waals surface area contributed by atoms with Crippen molar-refractivity contribution in [2.75, 3.05) is 19.0 Å². The predicted molar refractivity (Wildman–Crippen MR) is 84.7 cm³/mol. The Hall–Kier alpha value is -2.17. The number of hydrogen-bond donors (Lipinski definition) is 1. The number of rotatable bonds is 6. The zero-order valence-electron chi connectivity index (χ0n) is 13.1. The van der Waals surface area contributed by atoms with E-state index in [1.54, 1.807) is 13.3 Å². The summed E-state index contributed by atoms with van der Waals surface area (Å²) in [5, 5.41) is 3.31. The van der Waals surface area contributed by atoms with Gasteiger partial charge in [-0.05, 0) is 26.3 Å². The van der Waals surface area contributed by atoms with Gasteiger partial charge in [0.1, 0.15) is 11.6 Å². The van der Waals surface area contributed by atoms with Crippen LogP contribution in [-0.4, -0.2) is 28.6 Å². The van der Waals surface area contributed by atoms with Crippen LogP contribution in [0.4, 0.5) is 5.82 Å². The van der Waals surface area contributed by atoms with Crippen LogP contribution in [0, 0.1) is 6.92 Å². The van der Waals surface area contributed by atoms with E-state index >= 15 is 0 Å². The van der Waals surface area contributed by atoms with Gasteiger partial charge in [-0.3, -0.25) is 0 Å². The van der Waals surface area contributed by atoms with Crippen LogP contribution in [-0.2, 0) is 6.42 Å². The quantitative estimate of drug-likeness (QED) is 0.883. The van der Waals surface area contributed by atoms with Crippen LogP contribution in [0.1, 0.15) is 31.7 Å². The summed E-state index contributed by atoms with van der Waals surface area (Å²) in [5.74, 6) is 2.37. The first-order valence-electron chi connectivity index (χ1n) is 7.31. The molecule has 0 saturated heterocycles. The number of anilines is 1. The maximum atomic E-state index is 5.10. The Morgan fingerprint density at radius 2 is 2.00 bits per heavy atom. The number of aryl methyl sites for hydroxylation is 1. The molecule has 1 N–H and O–H groups in total. The Balaban J connectivity index is 2.48. The van der Waals surface area contributed by atoms with E-state index in [-0.39, 0.29) is 0 Å². The van der Waals surface area contributed by atoms with Gasteiger partial charge in [-0.2, -0.15) is 0 Å². The van der Waals surface area contributed by atoms with Crippen LogP contribution in [0.25, 0.3) is 11.3 Å². The first kappa shape index (κ1) is 15.2. The van der Waals surface area contributed by atoms with Crippen LogP contribution in [0.15, 0.2) is 18.3 Å². The number of ether oxygens (including phenoxy) is 1. The standard InChI is InChI=1S/C16H22N4O/c1-5-7-13-19-15(11(3)16(20-13)17-6-2)12-8-9-14(21-4)18-10-12/h8-10H,5-7H2,1-4H3,(H,17,19,20). The molecular weight excluding hydrogens is 264 g/mol. The molecule has 2 aromatic heterocycles. The van der Waals surface area contributed by atoms with Crippen LogP contribution in [0.2, 0.25) is 0 Å². The minimum absolute atomic E-state index is 0.603. The maximum Gasteiger partial charge on any atom is 0.212 e. The van der Waals surface area contributed by atoms with Crippen LogP contribution in [0.3, 0.4) is 0 Å². The third kappa shape index (κ3) is 3.48. The molecule has 0 radical (unpaired) electrons. The number of hydrogen-bond acceptors (Lipinski definition) is 5. The molecule has 2 heterocycles. The van der Waals surface area contributed by atoms with Gasteiger partial charge in [-0.1, -0.05) is 6.92 Å². The first-order valence-corrected chi connectivity index (χ1v) is 7.31. The topological polar surface area (TPSA) is 59.9 Å². The van der Waals surface area contributed by atoms with Crippen molar-refractivity contribution in [1.29, 1.82) is 0 Å². The molecule has 0 amide bonds. The van der Waals surface area contributed by atoms with Gasteiger partial charge >= 0.3 is 0 Å². The summed E-state index contributed by atoms with van der Waals surface area (Å²) in [6.07, 6.45) is 3.68. The largest absolute Gasteiger partial charge is 0.481 e. The maximum absolute atomic E-state index is 5.10. The van der Waals surface area contributed by atoms with E-state index in [2.05, 4.69) is 29.1 Å². The number of methoxy groups -OCH3 is 1. The number of nitrogens with one attached hydrogen (secondary N) is 1. The monoisotopic (exact) mass is 286 g/mol. The van der Waals surface area contributed by atoms with Gasteiger partial charge in [0.2, 0.25) is 5.88 Å². The summed E-state index contributed by atoms with van der Waals surface area (Å²) >= 11 is 0. The van der Waals surface area contributed by atoms with Crippen molar-refractivity contribution in [1.82, 2.24) is 15.0 Å². The second kappa shape index (κ2) is 7.02. The molecule has 0 bridgehead atoms. The lowest BCUT2D eigenvalue weighted by atomic mass is 10.1. The highest BCUT2D eigenvalue weighted by Gasteiger charge is 2.12. The van der Waals surface area contributed by atoms with Gasteiger partial charge in [-0.15, -0.1) is 0 Å². The summed E-state index contributed by atoms with van der Waals surface area (Å²) in [7, 11) is 1.61. The molecule has 0 aliphatic carbocycles. The van der Waals surface area contributed by atoms with E-state index in [1.807, 2.05) is 19.1 Å². The van der Waals surface area contributed by atoms with Gasteiger partial charge in [-0.25, -0.2) is 15.0 Å². The minimum atomic E-state index is 0.603. The van der Waals surface area contributed by atoms with Gasteiger partial charge in [0.05, 0.1) is 12.8 Å². The summed E-state index contributed by atoms with van der Waals surface area (Å²) in [6.45, 7) is 7.07. The van der Waals surface area contributed by atoms with Crippen LogP contribution >= 0.6 is 0 Å². The van der Waals surface area contributed by atoms with E-state index in [0.717, 1.165) is 47.8 Å². The lowest BCUT2D eigenvalue weighted by Gasteiger charge is -2.13. The predicted octanol–water partition coefficient (Wildman–Crippen LogP) is 3.24. The van der Waals surface area contributed by atoms with E-state index in [1.165, 1.54) is 0 Å². The molecule has 21 heavy (non-hydrogen) atoms. The smallest absolute Gasteiger partial charge is 0.212 e. The average Bonchev–Trinajstić information content (AvgIpc) is 2.51. The fourth-order valence-corrected chi connectivity index (χ4v) is 2.16. The van der Waals surface area contributed by atoms with Gasteiger partial charge < -0.3 is 10.1 Å². The molecule has 5 heteroatoms. The third-order valence-corrected chi connectivity index (χ3v) is 3.23. The Kier molecular flexibility index (Phi) is 5.09. The molecule has 2 rings (SSSR count). The highest BCUT2D eigenvalue weighted by Crippen LogP contribution is 2.26. The SMILES string of the molecule is CCCc1nc(NCC)c(C)c(-c2ccc(OC)nc2)n1. The molecular formula is C16H22N4O. The summed E-state index contributed by atoms with van der Waals surface area (Å²) in [6, 6.07) is 3.83. The van der Waals surface area contributed by atoms with Crippen molar-refractivity contribution in [2.24, 2.45) is 0 Å².